The lowest BCUT2D eigenvalue weighted by Gasteiger charge is -1.49. The van der Waals surface area contributed by atoms with Crippen LogP contribution >= 0.6 is 0 Å². The highest BCUT2D eigenvalue weighted by Gasteiger charge is 2.16. The van der Waals surface area contributed by atoms with Gasteiger partial charge in [-0.1, -0.05) is 0 Å². The zero-order valence-corrected chi connectivity index (χ0v) is 8.97. The highest BCUT2D eigenvalue weighted by atomic mass is 30.3. The van der Waals surface area contributed by atoms with Crippen LogP contribution in [0.2, 0.25) is 0 Å². The van der Waals surface area contributed by atoms with Gasteiger partial charge in [-0.15, -0.1) is 0 Å². The average molecular weight is 120 g/mol. The molecule has 0 spiro atoms. The Balaban J connectivity index is 2.17. The molecule has 4 heteroatoms. The van der Waals surface area contributed by atoms with Crippen molar-refractivity contribution >= 4 is 34.2 Å². The van der Waals surface area contributed by atoms with Gasteiger partial charge in [-0.05, 0) is 34.2 Å². The third kappa shape index (κ3) is 0.669. The van der Waals surface area contributed by atoms with Crippen LogP contribution in [0.1, 0.15) is 0 Å². The van der Waals surface area contributed by atoms with E-state index in [1.807, 2.05) is 0 Å². The molecule has 0 amide bonds. The van der Waals surface area contributed by atoms with Gasteiger partial charge in [0.2, 0.25) is 0 Å². The molecule has 0 aromatic heterocycles. The molecule has 0 aromatic carbocycles. The Morgan fingerprint density at radius 1 is 1.50 bits per heavy atom. The molecule has 1 aliphatic rings. The van der Waals surface area contributed by atoms with Crippen molar-refractivity contribution in [2.75, 3.05) is 0 Å². The summed E-state index contributed by atoms with van der Waals surface area (Å²) in [5, 5.41) is 0. The lowest BCUT2D eigenvalue weighted by molar-refractivity contribution is 4.27. The minimum atomic E-state index is 0.528. The van der Waals surface area contributed by atoms with Gasteiger partial charge < -0.3 is 0 Å². The van der Waals surface area contributed by atoms with E-state index in [1.54, 1.807) is 9.76 Å². The summed E-state index contributed by atoms with van der Waals surface area (Å²) >= 11 is 0. The molecule has 0 bridgehead atoms. The van der Waals surface area contributed by atoms with Crippen LogP contribution in [0.5, 0.6) is 0 Å². The van der Waals surface area contributed by atoms with Crippen molar-refractivity contribution in [3.05, 3.63) is 0 Å². The van der Waals surface area contributed by atoms with Gasteiger partial charge in [-0.3, -0.25) is 0 Å². The van der Waals surface area contributed by atoms with Crippen molar-refractivity contribution in [2.24, 2.45) is 0 Å². The molecule has 1 aliphatic heterocycles. The minimum absolute atomic E-state index is 0.528. The summed E-state index contributed by atoms with van der Waals surface area (Å²) in [4.78, 5) is 0. The van der Waals surface area contributed by atoms with E-state index >= 15 is 0 Å². The van der Waals surface area contributed by atoms with Gasteiger partial charge in [-0.2, -0.15) is 0 Å². The summed E-state index contributed by atoms with van der Waals surface area (Å²) < 4.78 is 0. The number of hydrogen-bond donors (Lipinski definition) is 0. The molecule has 0 saturated carbocycles. The second-order valence-electron chi connectivity index (χ2n) is 1.68. The van der Waals surface area contributed by atoms with Crippen molar-refractivity contribution in [3.63, 3.8) is 0 Å². The van der Waals surface area contributed by atoms with Gasteiger partial charge in [0.15, 0.2) is 0 Å². The molecule has 4 heavy (non-hydrogen) atoms. The normalized spacial score (nSPS) is 52.5. The Labute approximate surface area is 34.8 Å². The average Bonchev–Trinajstić information content (AvgIpc) is 1.75. The fourth-order valence-corrected chi connectivity index (χ4v) is 40.5. The van der Waals surface area contributed by atoms with Crippen LogP contribution < -0.4 is 0 Å². The Bertz CT molecular complexity index is 19.2. The van der Waals surface area contributed by atoms with Crippen LogP contribution in [0, 0.1) is 0 Å². The van der Waals surface area contributed by atoms with Crippen molar-refractivity contribution in [2.45, 2.75) is 0 Å². The predicted molar refractivity (Wildman–Crippen MR) is 34.2 cm³/mol. The topological polar surface area (TPSA) is 0 Å². The second kappa shape index (κ2) is 0.924. The van der Waals surface area contributed by atoms with Gasteiger partial charge in [0, 0.05) is 0 Å². The van der Waals surface area contributed by atoms with Crippen molar-refractivity contribution in [1.82, 2.24) is 0 Å². The molecule has 0 aromatic rings. The molecule has 0 N–H and O–H groups in total. The van der Waals surface area contributed by atoms with E-state index in [4.69, 9.17) is 0 Å². The molecule has 0 unspecified atom stereocenters. The second-order valence-corrected chi connectivity index (χ2v) is 45.4. The zero-order valence-electron chi connectivity index (χ0n) is 2.99. The summed E-state index contributed by atoms with van der Waals surface area (Å²) in [6.45, 7) is 0. The molecule has 0 nitrogen and oxygen atoms in total. The number of hydrogen-bond acceptors (Lipinski definition) is 0. The van der Waals surface area contributed by atoms with Crippen LogP contribution in [0.4, 0.5) is 0 Å². The first-order chi connectivity index (χ1) is 1.89. The maximum atomic E-state index is 1.72. The van der Waals surface area contributed by atoms with Crippen molar-refractivity contribution in [1.29, 1.82) is 0 Å². The van der Waals surface area contributed by atoms with Crippen LogP contribution in [0.15, 0.2) is 0 Å². The quantitative estimate of drug-likeness (QED) is 0.289. The summed E-state index contributed by atoms with van der Waals surface area (Å²) in [5.41, 5.74) is 0. The molecule has 1 heterocycles. The van der Waals surface area contributed by atoms with Gasteiger partial charge in [0.05, 0.1) is 0 Å². The Morgan fingerprint density at radius 3 is 1.75 bits per heavy atom. The molecule has 1 fully saturated rings. The fourth-order valence-electron chi connectivity index (χ4n) is 0.167. The molecule has 1 saturated heterocycles. The maximum absolute atomic E-state index is 1.72. The smallest absolute Gasteiger partial charge is 0.00747 e. The van der Waals surface area contributed by atoms with E-state index in [0.717, 1.165) is 17.1 Å². The predicted octanol–water partition coefficient (Wildman–Crippen LogP) is -3.66. The highest BCUT2D eigenvalue weighted by molar-refractivity contribution is 7.92. The third-order valence-electron chi connectivity index (χ3n) is 0.866. The largest absolute Gasteiger partial charge is 0.0115 e. The van der Waals surface area contributed by atoms with Gasteiger partial charge in [0.1, 0.15) is 0 Å². The number of rotatable bonds is 0. The molecule has 24 valence electrons. The van der Waals surface area contributed by atoms with E-state index in [-0.39, 0.29) is 0 Å². The molecule has 0 aliphatic carbocycles. The monoisotopic (exact) mass is 120 g/mol. The third-order valence-corrected chi connectivity index (χ3v) is 54.6. The first-order valence-corrected chi connectivity index (χ1v) is 17.0. The standard InChI is InChI=1S/H8Si4/c1-4-2-3-4/h4H,2-3H2,1H3. The molecular weight excluding hydrogens is 112 g/mol. The first-order valence-electron chi connectivity index (χ1n) is 1.89. The van der Waals surface area contributed by atoms with E-state index in [1.165, 1.54) is 0 Å². The molecule has 0 atom stereocenters. The summed E-state index contributed by atoms with van der Waals surface area (Å²) in [5.74, 6) is 0. The van der Waals surface area contributed by atoms with Crippen LogP contribution in [-0.4, -0.2) is 34.2 Å². The molecule has 1 rings (SSSR count). The van der Waals surface area contributed by atoms with Crippen molar-refractivity contribution < 1.29 is 0 Å². The summed E-state index contributed by atoms with van der Waals surface area (Å²) in [6, 6.07) is 0. The summed E-state index contributed by atoms with van der Waals surface area (Å²) in [6.07, 6.45) is 0. The van der Waals surface area contributed by atoms with Gasteiger partial charge in [-0.25, -0.2) is 0 Å². The Hall–Kier alpha value is 0.868. The lowest BCUT2D eigenvalue weighted by Crippen LogP contribution is -1.86. The molecule has 0 radical (unpaired) electrons. The minimum Gasteiger partial charge on any atom is -0.0115 e. The zero-order chi connectivity index (χ0) is 2.99. The van der Waals surface area contributed by atoms with Crippen LogP contribution in [-0.2, 0) is 0 Å². The van der Waals surface area contributed by atoms with E-state index in [0.29, 0.717) is 7.35 Å². The van der Waals surface area contributed by atoms with Gasteiger partial charge in [0.25, 0.3) is 0 Å². The van der Waals surface area contributed by atoms with E-state index in [2.05, 4.69) is 0 Å². The first kappa shape index (κ1) is 3.07. The molecular formula is H8Si4. The maximum Gasteiger partial charge on any atom is -0.00747 e. The van der Waals surface area contributed by atoms with Gasteiger partial charge >= 0.3 is 0 Å². The Morgan fingerprint density at radius 2 is 1.75 bits per heavy atom. The van der Waals surface area contributed by atoms with E-state index in [9.17, 15) is 0 Å². The van der Waals surface area contributed by atoms with Crippen molar-refractivity contribution in [3.8, 4) is 0 Å². The lowest BCUT2D eigenvalue weighted by atomic mass is 26.6. The van der Waals surface area contributed by atoms with E-state index < -0.39 is 0 Å². The van der Waals surface area contributed by atoms with Crippen LogP contribution in [0.25, 0.3) is 0 Å². The highest BCUT2D eigenvalue weighted by Crippen LogP contribution is 1.79. The fraction of sp³-hybridized carbons (Fsp3) is 0. The SMILES string of the molecule is [SiH3][SiH]1[SiH2][SiH2]1. The van der Waals surface area contributed by atoms with Crippen LogP contribution in [0.3, 0.4) is 0 Å². The summed E-state index contributed by atoms with van der Waals surface area (Å²) in [7, 11) is 4.11. The Kier molecular flexibility index (Phi) is 0.710.